The van der Waals surface area contributed by atoms with Crippen LogP contribution in [0.5, 0.6) is 5.75 Å². The second-order valence-corrected chi connectivity index (χ2v) is 23.5. The summed E-state index contributed by atoms with van der Waals surface area (Å²) in [4.78, 5) is 13.1. The van der Waals surface area contributed by atoms with Gasteiger partial charge in [0.15, 0.2) is 0 Å². The SMILES string of the molecule is CC(C)(C)c1cc(-c2cc(-c3cc(C(C)(C)C)cc(C(C)(C)C)c3O)nc(N(c3cc(-c4ccccc4)cc(-c4cc(-c5ccccc5)ccn4)c3)c3ccccc3-c3ccccc3)c2)cc(C(C)(C)C)c1. The van der Waals surface area contributed by atoms with Crippen LogP contribution in [0.15, 0.2) is 194 Å². The number of anilines is 3. The van der Waals surface area contributed by atoms with Crippen LogP contribution in [0.1, 0.15) is 105 Å². The quantitative estimate of drug-likeness (QED) is 0.157. The first-order chi connectivity index (χ1) is 34.1. The first-order valence-corrected chi connectivity index (χ1v) is 25.4. The summed E-state index contributed by atoms with van der Waals surface area (Å²) in [5, 5.41) is 12.7. The van der Waals surface area contributed by atoms with Gasteiger partial charge in [-0.25, -0.2) is 4.98 Å². The molecule has 1 N–H and O–H groups in total. The highest BCUT2D eigenvalue weighted by Gasteiger charge is 2.29. The lowest BCUT2D eigenvalue weighted by Gasteiger charge is -2.30. The predicted molar refractivity (Wildman–Crippen MR) is 306 cm³/mol. The Kier molecular flexibility index (Phi) is 13.2. The van der Waals surface area contributed by atoms with Gasteiger partial charge in [-0.3, -0.25) is 9.88 Å². The summed E-state index contributed by atoms with van der Waals surface area (Å²) < 4.78 is 0. The smallest absolute Gasteiger partial charge is 0.138 e. The molecule has 0 unspecified atom stereocenters. The average Bonchev–Trinajstić information content (AvgIpc) is 3.36. The Hall–Kier alpha value is -7.56. The lowest BCUT2D eigenvalue weighted by molar-refractivity contribution is 0.446. The third-order valence-corrected chi connectivity index (χ3v) is 13.8. The molecule has 0 bridgehead atoms. The van der Waals surface area contributed by atoms with Crippen molar-refractivity contribution in [2.24, 2.45) is 0 Å². The molecular formula is C68H69N3O. The van der Waals surface area contributed by atoms with E-state index >= 15 is 0 Å². The standard InChI is InChI=1S/C68H69N3O/c1-65(2,3)53-35-50(36-54(42-53)66(4,5)6)51-40-61(58-43-55(67(7,8)9)44-59(64(58)72)68(10,11)12)70-63(41-51)71(62-31-23-22-30-57(62)47-28-20-15-21-29-47)56-37-49(46-26-18-14-19-27-46)34-52(38-56)60-39-48(32-33-69-60)45-24-16-13-17-25-45/h13-44,72H,1-12H3. The summed E-state index contributed by atoms with van der Waals surface area (Å²) in [6.45, 7) is 26.9. The molecule has 0 atom stereocenters. The number of benzene rings is 7. The molecule has 0 fully saturated rings. The molecule has 0 radical (unpaired) electrons. The summed E-state index contributed by atoms with van der Waals surface area (Å²) in [6.07, 6.45) is 1.91. The van der Waals surface area contributed by atoms with Crippen molar-refractivity contribution in [3.63, 3.8) is 0 Å². The van der Waals surface area contributed by atoms with Crippen LogP contribution in [0.3, 0.4) is 0 Å². The van der Waals surface area contributed by atoms with Crippen LogP contribution in [0.2, 0.25) is 0 Å². The maximum Gasteiger partial charge on any atom is 0.138 e. The van der Waals surface area contributed by atoms with E-state index in [1.165, 1.54) is 11.1 Å². The minimum atomic E-state index is -0.343. The van der Waals surface area contributed by atoms with E-state index < -0.39 is 0 Å². The zero-order valence-corrected chi connectivity index (χ0v) is 44.3. The first-order valence-electron chi connectivity index (χ1n) is 25.4. The van der Waals surface area contributed by atoms with E-state index in [0.717, 1.165) is 78.3 Å². The van der Waals surface area contributed by atoms with Crippen LogP contribution in [-0.2, 0) is 21.7 Å². The molecule has 0 spiro atoms. The Balaban J connectivity index is 1.42. The largest absolute Gasteiger partial charge is 0.507 e. The van der Waals surface area contributed by atoms with Gasteiger partial charge in [-0.1, -0.05) is 217 Å². The van der Waals surface area contributed by atoms with Crippen LogP contribution in [0.25, 0.3) is 67.0 Å². The van der Waals surface area contributed by atoms with Gasteiger partial charge in [0.1, 0.15) is 11.6 Å². The molecule has 0 saturated heterocycles. The predicted octanol–water partition coefficient (Wildman–Crippen LogP) is 18.8. The monoisotopic (exact) mass is 944 g/mol. The number of aromatic hydroxyl groups is 1. The highest BCUT2D eigenvalue weighted by molar-refractivity contribution is 5.92. The van der Waals surface area contributed by atoms with E-state index in [1.807, 2.05) is 6.20 Å². The van der Waals surface area contributed by atoms with Crippen molar-refractivity contribution in [1.82, 2.24) is 9.97 Å². The topological polar surface area (TPSA) is 49.3 Å². The molecule has 362 valence electrons. The van der Waals surface area contributed by atoms with Crippen LogP contribution < -0.4 is 4.90 Å². The van der Waals surface area contributed by atoms with Crippen LogP contribution >= 0.6 is 0 Å². The van der Waals surface area contributed by atoms with Gasteiger partial charge in [0.25, 0.3) is 0 Å². The Morgan fingerprint density at radius 1 is 0.361 bits per heavy atom. The number of phenols is 1. The summed E-state index contributed by atoms with van der Waals surface area (Å²) in [5.74, 6) is 0.961. The highest BCUT2D eigenvalue weighted by atomic mass is 16.3. The Labute approximate surface area is 429 Å². The second kappa shape index (κ2) is 19.2. The molecule has 4 nitrogen and oxygen atoms in total. The Morgan fingerprint density at radius 3 is 1.43 bits per heavy atom. The van der Waals surface area contributed by atoms with Crippen molar-refractivity contribution in [3.05, 3.63) is 217 Å². The maximum atomic E-state index is 12.7. The minimum Gasteiger partial charge on any atom is -0.507 e. The fourth-order valence-corrected chi connectivity index (χ4v) is 9.44. The van der Waals surface area contributed by atoms with Gasteiger partial charge in [0, 0.05) is 34.1 Å². The van der Waals surface area contributed by atoms with Crippen LogP contribution in [0.4, 0.5) is 17.2 Å². The second-order valence-electron chi connectivity index (χ2n) is 23.5. The van der Waals surface area contributed by atoms with Gasteiger partial charge in [-0.05, 0) is 132 Å². The third kappa shape index (κ3) is 10.6. The van der Waals surface area contributed by atoms with Crippen molar-refractivity contribution in [3.8, 4) is 72.8 Å². The molecular weight excluding hydrogens is 875 g/mol. The van der Waals surface area contributed by atoms with Crippen molar-refractivity contribution >= 4 is 17.2 Å². The zero-order valence-electron chi connectivity index (χ0n) is 44.3. The molecule has 9 aromatic rings. The van der Waals surface area contributed by atoms with Gasteiger partial charge in [0.05, 0.1) is 17.1 Å². The van der Waals surface area contributed by atoms with E-state index in [0.29, 0.717) is 17.1 Å². The van der Waals surface area contributed by atoms with Gasteiger partial charge in [-0.2, -0.15) is 0 Å². The number of para-hydroxylation sites is 1. The first kappa shape index (κ1) is 49.4. The third-order valence-electron chi connectivity index (χ3n) is 13.8. The fraction of sp³-hybridized carbons (Fsp3) is 0.235. The molecule has 2 heterocycles. The lowest BCUT2D eigenvalue weighted by Crippen LogP contribution is -2.17. The van der Waals surface area contributed by atoms with Gasteiger partial charge < -0.3 is 5.11 Å². The van der Waals surface area contributed by atoms with E-state index in [-0.39, 0.29) is 27.4 Å². The molecule has 0 saturated carbocycles. The van der Waals surface area contributed by atoms with E-state index in [1.54, 1.807) is 0 Å². The Bertz CT molecular complexity index is 3350. The highest BCUT2D eigenvalue weighted by Crippen LogP contribution is 2.48. The molecule has 0 aliphatic heterocycles. The van der Waals surface area contributed by atoms with E-state index in [2.05, 4.69) is 276 Å². The van der Waals surface area contributed by atoms with Crippen molar-refractivity contribution in [2.75, 3.05) is 4.90 Å². The Morgan fingerprint density at radius 2 is 0.847 bits per heavy atom. The maximum absolute atomic E-state index is 12.7. The van der Waals surface area contributed by atoms with Gasteiger partial charge >= 0.3 is 0 Å². The lowest BCUT2D eigenvalue weighted by atomic mass is 9.78. The van der Waals surface area contributed by atoms with Crippen molar-refractivity contribution in [2.45, 2.75) is 105 Å². The van der Waals surface area contributed by atoms with E-state index in [9.17, 15) is 5.11 Å². The molecule has 0 amide bonds. The number of phenolic OH excluding ortho intramolecular Hbond substituents is 1. The molecule has 2 aromatic heterocycles. The summed E-state index contributed by atoms with van der Waals surface area (Å²) in [6, 6.07) is 67.2. The molecule has 4 heteroatoms. The summed E-state index contributed by atoms with van der Waals surface area (Å²) in [5.41, 5.74) is 17.5. The van der Waals surface area contributed by atoms with E-state index in [4.69, 9.17) is 9.97 Å². The summed E-state index contributed by atoms with van der Waals surface area (Å²) in [7, 11) is 0. The molecule has 9 rings (SSSR count). The van der Waals surface area contributed by atoms with Crippen LogP contribution in [0, 0.1) is 0 Å². The van der Waals surface area contributed by atoms with Crippen molar-refractivity contribution in [1.29, 1.82) is 0 Å². The summed E-state index contributed by atoms with van der Waals surface area (Å²) >= 11 is 0. The fourth-order valence-electron chi connectivity index (χ4n) is 9.44. The number of hydrogen-bond donors (Lipinski definition) is 1. The molecule has 0 aliphatic carbocycles. The van der Waals surface area contributed by atoms with Gasteiger partial charge in [0.2, 0.25) is 0 Å². The van der Waals surface area contributed by atoms with Crippen LogP contribution in [-0.4, -0.2) is 15.1 Å². The number of rotatable bonds is 9. The molecule has 0 aliphatic rings. The molecule has 72 heavy (non-hydrogen) atoms. The van der Waals surface area contributed by atoms with Gasteiger partial charge in [-0.15, -0.1) is 0 Å². The zero-order chi connectivity index (χ0) is 51.2. The number of pyridine rings is 2. The molecule has 7 aromatic carbocycles. The number of nitrogens with zero attached hydrogens (tertiary/aromatic N) is 3. The number of hydrogen-bond acceptors (Lipinski definition) is 4. The average molecular weight is 944 g/mol. The normalized spacial score (nSPS) is 12.2. The minimum absolute atomic E-state index is 0.115. The van der Waals surface area contributed by atoms with Crippen molar-refractivity contribution < 1.29 is 5.11 Å². The number of aromatic nitrogens is 2.